The second-order valence-electron chi connectivity index (χ2n) is 4.28. The molecule has 17 heavy (non-hydrogen) atoms. The molecular formula is C13H18ClNO2. The number of rotatable bonds is 7. The zero-order chi connectivity index (χ0) is 12.7. The molecule has 1 unspecified atom stereocenters. The minimum atomic E-state index is -0.739. The zero-order valence-electron chi connectivity index (χ0n) is 9.95. The van der Waals surface area contributed by atoms with Crippen LogP contribution in [0.1, 0.15) is 18.9 Å². The van der Waals surface area contributed by atoms with Gasteiger partial charge in [0.1, 0.15) is 0 Å². The minimum Gasteiger partial charge on any atom is -0.481 e. The summed E-state index contributed by atoms with van der Waals surface area (Å²) in [6, 6.07) is 7.77. The van der Waals surface area contributed by atoms with Crippen LogP contribution < -0.4 is 5.32 Å². The molecule has 0 aromatic heterocycles. The summed E-state index contributed by atoms with van der Waals surface area (Å²) >= 11 is 5.79. The van der Waals surface area contributed by atoms with Gasteiger partial charge in [0.15, 0.2) is 0 Å². The van der Waals surface area contributed by atoms with Crippen LogP contribution in [-0.2, 0) is 11.2 Å². The number of hydrogen-bond acceptors (Lipinski definition) is 2. The number of nitrogens with one attached hydrogen (secondary N) is 1. The molecule has 1 aromatic rings. The van der Waals surface area contributed by atoms with Crippen molar-refractivity contribution in [3.63, 3.8) is 0 Å². The topological polar surface area (TPSA) is 49.3 Å². The Morgan fingerprint density at radius 2 is 2.06 bits per heavy atom. The summed E-state index contributed by atoms with van der Waals surface area (Å²) in [6.07, 6.45) is 1.14. The summed E-state index contributed by atoms with van der Waals surface area (Å²) in [7, 11) is 0. The molecule has 1 rings (SSSR count). The molecule has 0 saturated heterocycles. The molecule has 94 valence electrons. The fraction of sp³-hybridized carbons (Fsp3) is 0.462. The van der Waals surface area contributed by atoms with Gasteiger partial charge in [-0.05, 0) is 43.1 Å². The fourth-order valence-electron chi connectivity index (χ4n) is 1.60. The van der Waals surface area contributed by atoms with Crippen LogP contribution in [0.2, 0.25) is 5.02 Å². The second kappa shape index (κ2) is 7.30. The molecule has 0 bridgehead atoms. The lowest BCUT2D eigenvalue weighted by Gasteiger charge is -2.10. The molecule has 0 radical (unpaired) electrons. The minimum absolute atomic E-state index is 0.165. The number of halogens is 1. The molecule has 1 atom stereocenters. The van der Waals surface area contributed by atoms with Gasteiger partial charge in [-0.25, -0.2) is 0 Å². The summed E-state index contributed by atoms with van der Waals surface area (Å²) in [5, 5.41) is 12.6. The maximum absolute atomic E-state index is 10.5. The largest absolute Gasteiger partial charge is 0.481 e. The van der Waals surface area contributed by atoms with Crippen LogP contribution in [0.5, 0.6) is 0 Å². The first kappa shape index (κ1) is 14.0. The second-order valence-corrected chi connectivity index (χ2v) is 4.72. The van der Waals surface area contributed by atoms with E-state index in [-0.39, 0.29) is 12.3 Å². The number of hydrogen-bond donors (Lipinski definition) is 2. The normalized spacial score (nSPS) is 12.4. The highest BCUT2D eigenvalue weighted by Crippen LogP contribution is 2.09. The van der Waals surface area contributed by atoms with Crippen LogP contribution in [0, 0.1) is 5.92 Å². The highest BCUT2D eigenvalue weighted by molar-refractivity contribution is 6.30. The van der Waals surface area contributed by atoms with Crippen molar-refractivity contribution in [2.24, 2.45) is 5.92 Å². The average Bonchev–Trinajstić information content (AvgIpc) is 2.26. The van der Waals surface area contributed by atoms with Crippen LogP contribution in [0.15, 0.2) is 24.3 Å². The fourth-order valence-corrected chi connectivity index (χ4v) is 1.73. The predicted octanol–water partition coefficient (Wildman–Crippen LogP) is 2.58. The maximum Gasteiger partial charge on any atom is 0.303 e. The number of carboxylic acid groups (broad SMARTS) is 1. The molecule has 0 aliphatic carbocycles. The summed E-state index contributed by atoms with van der Waals surface area (Å²) < 4.78 is 0. The summed E-state index contributed by atoms with van der Waals surface area (Å²) in [6.45, 7) is 3.52. The van der Waals surface area contributed by atoms with Crippen molar-refractivity contribution in [2.45, 2.75) is 19.8 Å². The molecule has 0 saturated carbocycles. The SMILES string of the molecule is CC(CNCCc1ccc(Cl)cc1)CC(=O)O. The molecule has 0 aliphatic rings. The van der Waals surface area contributed by atoms with Gasteiger partial charge >= 0.3 is 5.97 Å². The van der Waals surface area contributed by atoms with E-state index in [1.165, 1.54) is 5.56 Å². The van der Waals surface area contributed by atoms with Gasteiger partial charge in [0.05, 0.1) is 0 Å². The highest BCUT2D eigenvalue weighted by Gasteiger charge is 2.06. The summed E-state index contributed by atoms with van der Waals surface area (Å²) in [5.41, 5.74) is 1.23. The number of benzene rings is 1. The van der Waals surface area contributed by atoms with Gasteiger partial charge in [-0.1, -0.05) is 30.7 Å². The molecule has 0 amide bonds. The van der Waals surface area contributed by atoms with Crippen molar-refractivity contribution in [2.75, 3.05) is 13.1 Å². The van der Waals surface area contributed by atoms with Crippen LogP contribution in [0.25, 0.3) is 0 Å². The van der Waals surface area contributed by atoms with E-state index in [1.807, 2.05) is 31.2 Å². The Hall–Kier alpha value is -1.06. The smallest absolute Gasteiger partial charge is 0.303 e. The predicted molar refractivity (Wildman–Crippen MR) is 69.4 cm³/mol. The molecule has 0 heterocycles. The molecule has 3 nitrogen and oxygen atoms in total. The van der Waals surface area contributed by atoms with E-state index in [0.717, 1.165) is 24.5 Å². The van der Waals surface area contributed by atoms with Gasteiger partial charge in [0.2, 0.25) is 0 Å². The first-order chi connectivity index (χ1) is 8.08. The Labute approximate surface area is 107 Å². The Balaban J connectivity index is 2.15. The van der Waals surface area contributed by atoms with Gasteiger partial charge in [-0.2, -0.15) is 0 Å². The van der Waals surface area contributed by atoms with E-state index in [9.17, 15) is 4.79 Å². The lowest BCUT2D eigenvalue weighted by molar-refractivity contribution is -0.137. The van der Waals surface area contributed by atoms with E-state index in [4.69, 9.17) is 16.7 Å². The number of aliphatic carboxylic acids is 1. The van der Waals surface area contributed by atoms with Crippen molar-refractivity contribution in [3.8, 4) is 0 Å². The maximum atomic E-state index is 10.5. The summed E-state index contributed by atoms with van der Waals surface area (Å²) in [4.78, 5) is 10.5. The van der Waals surface area contributed by atoms with E-state index in [0.29, 0.717) is 0 Å². The van der Waals surface area contributed by atoms with Crippen LogP contribution in [0.3, 0.4) is 0 Å². The van der Waals surface area contributed by atoms with Gasteiger partial charge < -0.3 is 10.4 Å². The van der Waals surface area contributed by atoms with Gasteiger partial charge in [0, 0.05) is 11.4 Å². The van der Waals surface area contributed by atoms with E-state index >= 15 is 0 Å². The van der Waals surface area contributed by atoms with Gasteiger partial charge in [0.25, 0.3) is 0 Å². The molecule has 1 aromatic carbocycles. The molecule has 0 fully saturated rings. The van der Waals surface area contributed by atoms with Crippen molar-refractivity contribution >= 4 is 17.6 Å². The first-order valence-electron chi connectivity index (χ1n) is 5.75. The third-order valence-corrected chi connectivity index (χ3v) is 2.77. The van der Waals surface area contributed by atoms with Gasteiger partial charge in [-0.3, -0.25) is 4.79 Å². The number of carbonyl (C=O) groups is 1. The van der Waals surface area contributed by atoms with Crippen molar-refractivity contribution < 1.29 is 9.90 Å². The average molecular weight is 256 g/mol. The molecule has 0 aliphatic heterocycles. The van der Waals surface area contributed by atoms with Crippen LogP contribution >= 0.6 is 11.6 Å². The number of carboxylic acids is 1. The monoisotopic (exact) mass is 255 g/mol. The van der Waals surface area contributed by atoms with Gasteiger partial charge in [-0.15, -0.1) is 0 Å². The lowest BCUT2D eigenvalue weighted by Crippen LogP contribution is -2.24. The van der Waals surface area contributed by atoms with Crippen molar-refractivity contribution in [1.82, 2.24) is 5.32 Å². The van der Waals surface area contributed by atoms with E-state index in [1.54, 1.807) is 0 Å². The zero-order valence-corrected chi connectivity index (χ0v) is 10.7. The molecular weight excluding hydrogens is 238 g/mol. The Morgan fingerprint density at radius 3 is 2.65 bits per heavy atom. The Bertz CT molecular complexity index is 351. The molecule has 4 heteroatoms. The van der Waals surface area contributed by atoms with Crippen molar-refractivity contribution in [1.29, 1.82) is 0 Å². The van der Waals surface area contributed by atoms with Crippen LogP contribution in [-0.4, -0.2) is 24.2 Å². The summed E-state index contributed by atoms with van der Waals surface area (Å²) in [5.74, 6) is -0.574. The quantitative estimate of drug-likeness (QED) is 0.737. The van der Waals surface area contributed by atoms with Crippen LogP contribution in [0.4, 0.5) is 0 Å². The molecule has 0 spiro atoms. The lowest BCUT2D eigenvalue weighted by atomic mass is 10.1. The Kier molecular flexibility index (Phi) is 6.01. The van der Waals surface area contributed by atoms with E-state index < -0.39 is 5.97 Å². The molecule has 2 N–H and O–H groups in total. The van der Waals surface area contributed by atoms with E-state index in [2.05, 4.69) is 5.32 Å². The first-order valence-corrected chi connectivity index (χ1v) is 6.12. The standard InChI is InChI=1S/C13H18ClNO2/c1-10(8-13(16)17)9-15-7-6-11-2-4-12(14)5-3-11/h2-5,10,15H,6-9H2,1H3,(H,16,17). The Morgan fingerprint density at radius 1 is 1.41 bits per heavy atom. The van der Waals surface area contributed by atoms with Crippen molar-refractivity contribution in [3.05, 3.63) is 34.9 Å². The third-order valence-electron chi connectivity index (χ3n) is 2.52. The highest BCUT2D eigenvalue weighted by atomic mass is 35.5. The third kappa shape index (κ3) is 6.29.